The maximum atomic E-state index is 14.9. The van der Waals surface area contributed by atoms with Gasteiger partial charge in [-0.25, -0.2) is 9.37 Å². The van der Waals surface area contributed by atoms with Crippen molar-refractivity contribution in [1.29, 1.82) is 0 Å². The number of halogens is 1. The van der Waals surface area contributed by atoms with Gasteiger partial charge in [0.05, 0.1) is 7.11 Å². The van der Waals surface area contributed by atoms with Gasteiger partial charge in [-0.3, -0.25) is 14.6 Å². The number of likely N-dealkylation sites (N-methyl/N-ethyl adjacent to an activating group) is 1. The fourth-order valence-corrected chi connectivity index (χ4v) is 6.03. The highest BCUT2D eigenvalue weighted by atomic mass is 19.1. The minimum Gasteiger partial charge on any atom is -0.493 e. The molecule has 4 rings (SSSR count). The van der Waals surface area contributed by atoms with Crippen molar-refractivity contribution in [1.82, 2.24) is 14.8 Å². The molecule has 2 N–H and O–H groups in total. The van der Waals surface area contributed by atoms with Gasteiger partial charge in [-0.05, 0) is 87.7 Å². The van der Waals surface area contributed by atoms with Crippen LogP contribution in [0.25, 0.3) is 0 Å². The number of aryl methyl sites for hydroxylation is 2. The van der Waals surface area contributed by atoms with Gasteiger partial charge in [0, 0.05) is 43.0 Å². The predicted molar refractivity (Wildman–Crippen MR) is 153 cm³/mol. The summed E-state index contributed by atoms with van der Waals surface area (Å²) in [7, 11) is 3.54. The van der Waals surface area contributed by atoms with Crippen molar-refractivity contribution >= 4 is 11.8 Å². The molecule has 0 saturated carbocycles. The maximum Gasteiger partial charge on any atom is 0.325 e. The number of nitrogens with zero attached hydrogens (tertiary/aromatic N) is 3. The van der Waals surface area contributed by atoms with Crippen molar-refractivity contribution in [3.63, 3.8) is 0 Å². The number of likely N-dealkylation sites (tertiary alicyclic amines) is 1. The first-order chi connectivity index (χ1) is 18.7. The number of aliphatic carboxylic acids is 1. The van der Waals surface area contributed by atoms with Crippen LogP contribution in [0.3, 0.4) is 0 Å². The molecule has 1 aromatic heterocycles. The van der Waals surface area contributed by atoms with Crippen LogP contribution in [0, 0.1) is 5.82 Å². The predicted octanol–water partition coefficient (Wildman–Crippen LogP) is 5.64. The van der Waals surface area contributed by atoms with Crippen LogP contribution >= 0.6 is 0 Å². The van der Waals surface area contributed by atoms with Gasteiger partial charge in [-0.1, -0.05) is 26.3 Å². The summed E-state index contributed by atoms with van der Waals surface area (Å²) >= 11 is 0. The highest BCUT2D eigenvalue weighted by Crippen LogP contribution is 2.37. The third-order valence-corrected chi connectivity index (χ3v) is 8.58. The molecule has 0 spiro atoms. The lowest BCUT2D eigenvalue weighted by Crippen LogP contribution is -2.41. The zero-order chi connectivity index (χ0) is 28.1. The fourth-order valence-electron chi connectivity index (χ4n) is 6.03. The lowest BCUT2D eigenvalue weighted by molar-refractivity contribution is -0.143. The van der Waals surface area contributed by atoms with Gasteiger partial charge in [-0.15, -0.1) is 0 Å². The van der Waals surface area contributed by atoms with Gasteiger partial charge in [0.1, 0.15) is 11.9 Å². The Morgan fingerprint density at radius 1 is 1.28 bits per heavy atom. The minimum atomic E-state index is -0.976. The Morgan fingerprint density at radius 2 is 2.08 bits per heavy atom. The van der Waals surface area contributed by atoms with Gasteiger partial charge >= 0.3 is 5.97 Å². The Hall–Kier alpha value is -2.71. The first-order valence-corrected chi connectivity index (χ1v) is 14.5. The van der Waals surface area contributed by atoms with Crippen LogP contribution in [-0.2, 0) is 17.6 Å². The summed E-state index contributed by atoms with van der Waals surface area (Å²) in [5.74, 6) is -0.310. The van der Waals surface area contributed by atoms with E-state index in [1.165, 1.54) is 25.2 Å². The normalized spacial score (nSPS) is 19.1. The van der Waals surface area contributed by atoms with E-state index in [9.17, 15) is 14.3 Å². The van der Waals surface area contributed by atoms with Crippen LogP contribution in [0.1, 0.15) is 87.2 Å². The number of unbranched alkanes of at least 4 members (excludes halogenated alkanes) is 1. The number of nitrogens with one attached hydrogen (secondary N) is 1. The molecule has 1 saturated heterocycles. The number of hydrogen-bond acceptors (Lipinski definition) is 6. The molecule has 0 unspecified atom stereocenters. The molecule has 214 valence electrons. The molecule has 0 radical (unpaired) electrons. The van der Waals surface area contributed by atoms with E-state index in [-0.39, 0.29) is 17.7 Å². The lowest BCUT2D eigenvalue weighted by atomic mass is 9.95. The number of fused-ring (bicyclic) bond motifs is 1. The first-order valence-electron chi connectivity index (χ1n) is 14.5. The van der Waals surface area contributed by atoms with E-state index in [1.54, 1.807) is 6.07 Å². The monoisotopic (exact) mass is 540 g/mol. The summed E-state index contributed by atoms with van der Waals surface area (Å²) in [5, 5.41) is 13.6. The number of carboxylic acid groups (broad SMARTS) is 1. The number of anilines is 1. The molecule has 0 bridgehead atoms. The van der Waals surface area contributed by atoms with Gasteiger partial charge < -0.3 is 15.2 Å². The smallest absolute Gasteiger partial charge is 0.325 e. The Balaban J connectivity index is 1.33. The average Bonchev–Trinajstić information content (AvgIpc) is 3.39. The van der Waals surface area contributed by atoms with Crippen molar-refractivity contribution in [2.45, 2.75) is 89.8 Å². The Morgan fingerprint density at radius 3 is 2.79 bits per heavy atom. The lowest BCUT2D eigenvalue weighted by Gasteiger charge is -2.32. The number of rotatable bonds is 12. The van der Waals surface area contributed by atoms with Crippen LogP contribution in [0.4, 0.5) is 10.2 Å². The molecule has 3 atom stereocenters. The molecule has 0 amide bonds. The van der Waals surface area contributed by atoms with Gasteiger partial charge in [0.15, 0.2) is 11.6 Å². The van der Waals surface area contributed by atoms with Crippen molar-refractivity contribution < 1.29 is 19.0 Å². The van der Waals surface area contributed by atoms with E-state index in [0.717, 1.165) is 62.1 Å². The SMILES string of the molecule is COc1c(F)cc(C(C)C)cc1[C@@H](C(=O)O)N1CC[C@@H](N(C)[C@H](C)CCCCc2ccc3c(n2)NCCC3)C1. The van der Waals surface area contributed by atoms with E-state index in [1.807, 2.05) is 18.7 Å². The molecule has 2 aliphatic rings. The molecule has 2 aromatic rings. The summed E-state index contributed by atoms with van der Waals surface area (Å²) in [6, 6.07) is 7.34. The summed E-state index contributed by atoms with van der Waals surface area (Å²) in [6.45, 7) is 8.48. The molecule has 1 aromatic carbocycles. The summed E-state index contributed by atoms with van der Waals surface area (Å²) in [4.78, 5) is 21.7. The second-order valence-electron chi connectivity index (χ2n) is 11.6. The van der Waals surface area contributed by atoms with Crippen molar-refractivity contribution in [3.8, 4) is 5.75 Å². The second-order valence-corrected chi connectivity index (χ2v) is 11.6. The fraction of sp³-hybridized carbons (Fsp3) is 0.613. The standard InChI is InChI=1S/C31H45FN4O3/c1-20(2)23-17-26(29(39-5)27(32)18-23)28(31(37)38)36-16-14-25(19-36)35(4)21(3)9-6-7-11-24-13-12-22-10-8-15-33-30(22)34-24/h12-13,17-18,20-21,25,28H,6-11,14-16,19H2,1-5H3,(H,33,34)(H,37,38)/t21-,25-,28+/m1/s1. The van der Waals surface area contributed by atoms with Crippen molar-refractivity contribution in [3.05, 3.63) is 52.5 Å². The topological polar surface area (TPSA) is 77.9 Å². The van der Waals surface area contributed by atoms with Crippen LogP contribution < -0.4 is 10.1 Å². The first kappa shape index (κ1) is 29.3. The van der Waals surface area contributed by atoms with E-state index >= 15 is 0 Å². The Bertz CT molecular complexity index is 1140. The average molecular weight is 541 g/mol. The minimum absolute atomic E-state index is 0.0289. The molecule has 7 nitrogen and oxygen atoms in total. The molecule has 2 aliphatic heterocycles. The Labute approximate surface area is 232 Å². The molecule has 3 heterocycles. The quantitative estimate of drug-likeness (QED) is 0.337. The summed E-state index contributed by atoms with van der Waals surface area (Å²) < 4.78 is 20.2. The number of hydrogen-bond donors (Lipinski definition) is 2. The van der Waals surface area contributed by atoms with Crippen LogP contribution in [0.2, 0.25) is 0 Å². The van der Waals surface area contributed by atoms with Crippen LogP contribution in [-0.4, -0.2) is 71.7 Å². The van der Waals surface area contributed by atoms with Crippen LogP contribution in [0.15, 0.2) is 24.3 Å². The number of aromatic nitrogens is 1. The number of carbonyl (C=O) groups is 1. The second kappa shape index (κ2) is 13.1. The molecular weight excluding hydrogens is 495 g/mol. The van der Waals surface area contributed by atoms with Crippen molar-refractivity contribution in [2.24, 2.45) is 0 Å². The zero-order valence-corrected chi connectivity index (χ0v) is 24.2. The zero-order valence-electron chi connectivity index (χ0n) is 24.2. The number of carboxylic acids is 1. The highest BCUT2D eigenvalue weighted by Gasteiger charge is 2.38. The third-order valence-electron chi connectivity index (χ3n) is 8.58. The molecule has 39 heavy (non-hydrogen) atoms. The van der Waals surface area contributed by atoms with E-state index < -0.39 is 17.8 Å². The number of ether oxygens (including phenoxy) is 1. The van der Waals surface area contributed by atoms with E-state index in [2.05, 4.69) is 36.3 Å². The summed E-state index contributed by atoms with van der Waals surface area (Å²) in [6.07, 6.45) is 7.44. The van der Waals surface area contributed by atoms with Crippen LogP contribution in [0.5, 0.6) is 5.75 Å². The van der Waals surface area contributed by atoms with Gasteiger partial charge in [-0.2, -0.15) is 0 Å². The highest BCUT2D eigenvalue weighted by molar-refractivity contribution is 5.77. The molecular formula is C31H45FN4O3. The van der Waals surface area contributed by atoms with E-state index in [4.69, 9.17) is 9.72 Å². The number of benzene rings is 1. The maximum absolute atomic E-state index is 14.9. The summed E-state index contributed by atoms with van der Waals surface area (Å²) in [5.41, 5.74) is 3.66. The number of methoxy groups -OCH3 is 1. The molecule has 0 aliphatic carbocycles. The number of pyridine rings is 1. The third kappa shape index (κ3) is 6.90. The van der Waals surface area contributed by atoms with E-state index in [0.29, 0.717) is 24.7 Å². The molecule has 1 fully saturated rings. The Kier molecular flexibility index (Phi) is 9.83. The van der Waals surface area contributed by atoms with Gasteiger partial charge in [0.25, 0.3) is 0 Å². The largest absolute Gasteiger partial charge is 0.493 e. The van der Waals surface area contributed by atoms with Crippen molar-refractivity contribution in [2.75, 3.05) is 39.1 Å². The van der Waals surface area contributed by atoms with Gasteiger partial charge in [0.2, 0.25) is 0 Å². The molecule has 8 heteroatoms.